The molecular formula is C23H30FN3O6S. The zero-order valence-corrected chi connectivity index (χ0v) is 20.0. The van der Waals surface area contributed by atoms with Gasteiger partial charge >= 0.3 is 0 Å². The summed E-state index contributed by atoms with van der Waals surface area (Å²) in [6.45, 7) is 4.01. The molecule has 3 rings (SSSR count). The number of amides is 2. The maximum atomic E-state index is 13.2. The average molecular weight is 496 g/mol. The normalized spacial score (nSPS) is 17.0. The van der Waals surface area contributed by atoms with Crippen LogP contribution >= 0.6 is 0 Å². The zero-order valence-electron chi connectivity index (χ0n) is 19.2. The van der Waals surface area contributed by atoms with Gasteiger partial charge in [0.1, 0.15) is 17.6 Å². The summed E-state index contributed by atoms with van der Waals surface area (Å²) in [7, 11) is -4.06. The van der Waals surface area contributed by atoms with E-state index in [-0.39, 0.29) is 29.4 Å². The summed E-state index contributed by atoms with van der Waals surface area (Å²) in [6, 6.07) is 6.73. The monoisotopic (exact) mass is 495 g/mol. The van der Waals surface area contributed by atoms with Crippen LogP contribution in [0.15, 0.2) is 52.0 Å². The number of nitrogens with zero attached hydrogens (tertiary/aromatic N) is 1. The molecule has 0 radical (unpaired) electrons. The first kappa shape index (κ1) is 25.9. The summed E-state index contributed by atoms with van der Waals surface area (Å²) in [6.07, 6.45) is 3.18. The van der Waals surface area contributed by atoms with E-state index < -0.39 is 34.3 Å². The van der Waals surface area contributed by atoms with Crippen LogP contribution < -0.4 is 10.0 Å². The van der Waals surface area contributed by atoms with Crippen molar-refractivity contribution in [3.63, 3.8) is 0 Å². The Morgan fingerprint density at radius 2 is 1.94 bits per heavy atom. The van der Waals surface area contributed by atoms with Crippen LogP contribution in [0.1, 0.15) is 32.4 Å². The molecule has 1 aliphatic rings. The first-order valence-corrected chi connectivity index (χ1v) is 12.6. The van der Waals surface area contributed by atoms with E-state index in [2.05, 4.69) is 10.0 Å². The fraction of sp³-hybridized carbons (Fsp3) is 0.478. The molecular weight excluding hydrogens is 465 g/mol. The molecule has 1 aromatic carbocycles. The van der Waals surface area contributed by atoms with Gasteiger partial charge in [0.05, 0.1) is 30.4 Å². The molecule has 0 spiro atoms. The first-order valence-electron chi connectivity index (χ1n) is 11.1. The van der Waals surface area contributed by atoms with Crippen molar-refractivity contribution in [2.75, 3.05) is 19.7 Å². The van der Waals surface area contributed by atoms with E-state index in [0.29, 0.717) is 18.9 Å². The van der Waals surface area contributed by atoms with Crippen molar-refractivity contribution in [2.24, 2.45) is 5.92 Å². The van der Waals surface area contributed by atoms with Gasteiger partial charge in [-0.1, -0.05) is 13.8 Å². The Morgan fingerprint density at radius 1 is 1.21 bits per heavy atom. The molecule has 1 aliphatic heterocycles. The summed E-state index contributed by atoms with van der Waals surface area (Å²) < 4.78 is 51.4. The highest BCUT2D eigenvalue weighted by Gasteiger charge is 2.34. The molecule has 2 N–H and O–H groups in total. The van der Waals surface area contributed by atoms with Gasteiger partial charge in [0, 0.05) is 13.2 Å². The quantitative estimate of drug-likeness (QED) is 0.493. The van der Waals surface area contributed by atoms with Gasteiger partial charge in [0.2, 0.25) is 21.8 Å². The number of hydrogen-bond acceptors (Lipinski definition) is 6. The van der Waals surface area contributed by atoms with Crippen molar-refractivity contribution in [2.45, 2.75) is 50.3 Å². The lowest BCUT2D eigenvalue weighted by Gasteiger charge is -2.33. The van der Waals surface area contributed by atoms with Crippen LogP contribution in [-0.2, 0) is 30.9 Å². The van der Waals surface area contributed by atoms with Gasteiger partial charge in [-0.25, -0.2) is 17.5 Å². The van der Waals surface area contributed by atoms with Crippen molar-refractivity contribution in [1.82, 2.24) is 14.9 Å². The molecule has 9 nitrogen and oxygen atoms in total. The molecule has 1 saturated heterocycles. The molecule has 0 aliphatic carbocycles. The topological polar surface area (TPSA) is 118 Å². The summed E-state index contributed by atoms with van der Waals surface area (Å²) >= 11 is 0. The highest BCUT2D eigenvalue weighted by atomic mass is 32.2. The molecule has 34 heavy (non-hydrogen) atoms. The van der Waals surface area contributed by atoms with Gasteiger partial charge in [-0.3, -0.25) is 9.59 Å². The number of benzene rings is 1. The largest absolute Gasteiger partial charge is 0.467 e. The number of rotatable bonds is 11. The van der Waals surface area contributed by atoms with Gasteiger partial charge in [0.25, 0.3) is 0 Å². The molecule has 1 aromatic heterocycles. The molecule has 2 atom stereocenters. The molecule has 2 amide bonds. The Hall–Kier alpha value is -2.76. The van der Waals surface area contributed by atoms with Crippen LogP contribution in [0.2, 0.25) is 0 Å². The molecule has 11 heteroatoms. The van der Waals surface area contributed by atoms with E-state index in [4.69, 9.17) is 9.15 Å². The van der Waals surface area contributed by atoms with Crippen molar-refractivity contribution >= 4 is 21.8 Å². The summed E-state index contributed by atoms with van der Waals surface area (Å²) in [5.41, 5.74) is 0. The lowest BCUT2D eigenvalue weighted by molar-refractivity contribution is -0.142. The molecule has 2 aromatic rings. The third kappa shape index (κ3) is 6.87. The van der Waals surface area contributed by atoms with E-state index >= 15 is 0 Å². The Morgan fingerprint density at radius 3 is 2.53 bits per heavy atom. The Labute approximate surface area is 198 Å². The number of sulfonamides is 1. The summed E-state index contributed by atoms with van der Waals surface area (Å²) in [4.78, 5) is 27.4. The minimum atomic E-state index is -4.06. The van der Waals surface area contributed by atoms with Crippen LogP contribution in [0.4, 0.5) is 4.39 Å². The minimum absolute atomic E-state index is 0.0136. The second-order valence-corrected chi connectivity index (χ2v) is 10.2. The summed E-state index contributed by atoms with van der Waals surface area (Å²) in [5, 5.41) is 2.86. The van der Waals surface area contributed by atoms with Crippen molar-refractivity contribution < 1.29 is 31.6 Å². The molecule has 0 bridgehead atoms. The highest BCUT2D eigenvalue weighted by molar-refractivity contribution is 7.89. The average Bonchev–Trinajstić information content (AvgIpc) is 3.50. The Kier molecular flexibility index (Phi) is 8.81. The smallest absolute Gasteiger partial charge is 0.243 e. The maximum absolute atomic E-state index is 13.2. The van der Waals surface area contributed by atoms with Crippen molar-refractivity contribution in [3.8, 4) is 0 Å². The van der Waals surface area contributed by atoms with Gasteiger partial charge in [-0.15, -0.1) is 0 Å². The highest BCUT2D eigenvalue weighted by Crippen LogP contribution is 2.18. The van der Waals surface area contributed by atoms with Crippen LogP contribution in [0, 0.1) is 11.7 Å². The van der Waals surface area contributed by atoms with E-state index in [1.165, 1.54) is 11.2 Å². The zero-order chi connectivity index (χ0) is 24.7. The van der Waals surface area contributed by atoms with Crippen LogP contribution in [-0.4, -0.2) is 57.0 Å². The second kappa shape index (κ2) is 11.6. The summed E-state index contributed by atoms with van der Waals surface area (Å²) in [5.74, 6) is -1.35. The van der Waals surface area contributed by atoms with Crippen LogP contribution in [0.3, 0.4) is 0 Å². The SMILES string of the molecule is CC(C)[C@H](C(=O)NC[C@@H]1CCCO1)N(Cc1ccco1)C(=O)CNS(=O)(=O)c1ccc(F)cc1. The predicted molar refractivity (Wildman–Crippen MR) is 121 cm³/mol. The standard InChI is InChI=1S/C23H30FN3O6S/c1-16(2)22(23(29)25-13-18-5-3-11-32-18)27(15-19-6-4-12-33-19)21(28)14-26-34(30,31)20-9-7-17(24)8-10-20/h4,6-10,12,16,18,22,26H,3,5,11,13-15H2,1-2H3,(H,25,29)/t18-,22+/m0/s1. The van der Waals surface area contributed by atoms with E-state index in [1.54, 1.807) is 26.0 Å². The number of furan rings is 1. The third-order valence-electron chi connectivity index (χ3n) is 5.53. The van der Waals surface area contributed by atoms with E-state index in [1.807, 2.05) is 0 Å². The molecule has 1 fully saturated rings. The number of nitrogens with one attached hydrogen (secondary N) is 2. The van der Waals surface area contributed by atoms with Gasteiger partial charge in [-0.05, 0) is 55.2 Å². The third-order valence-corrected chi connectivity index (χ3v) is 6.94. The number of carbonyl (C=O) groups is 2. The van der Waals surface area contributed by atoms with Crippen LogP contribution in [0.5, 0.6) is 0 Å². The fourth-order valence-electron chi connectivity index (χ4n) is 3.80. The van der Waals surface area contributed by atoms with Crippen molar-refractivity contribution in [1.29, 1.82) is 0 Å². The lowest BCUT2D eigenvalue weighted by Crippen LogP contribution is -2.54. The molecule has 0 unspecified atom stereocenters. The van der Waals surface area contributed by atoms with E-state index in [0.717, 1.165) is 37.1 Å². The molecule has 2 heterocycles. The van der Waals surface area contributed by atoms with Gasteiger partial charge in [-0.2, -0.15) is 0 Å². The van der Waals surface area contributed by atoms with E-state index in [9.17, 15) is 22.4 Å². The number of halogens is 1. The first-order chi connectivity index (χ1) is 16.2. The Balaban J connectivity index is 1.75. The molecule has 0 saturated carbocycles. The Bertz CT molecular complexity index is 1050. The lowest BCUT2D eigenvalue weighted by atomic mass is 10.0. The number of ether oxygens (including phenoxy) is 1. The number of hydrogen-bond donors (Lipinski definition) is 2. The van der Waals surface area contributed by atoms with Crippen LogP contribution in [0.25, 0.3) is 0 Å². The van der Waals surface area contributed by atoms with Gasteiger partial charge < -0.3 is 19.4 Å². The van der Waals surface area contributed by atoms with Gasteiger partial charge in [0.15, 0.2) is 0 Å². The predicted octanol–water partition coefficient (Wildman–Crippen LogP) is 2.05. The number of carbonyl (C=O) groups excluding carboxylic acids is 2. The minimum Gasteiger partial charge on any atom is -0.467 e. The van der Waals surface area contributed by atoms with Crippen molar-refractivity contribution in [3.05, 3.63) is 54.2 Å². The fourth-order valence-corrected chi connectivity index (χ4v) is 4.77. The maximum Gasteiger partial charge on any atom is 0.243 e. The molecule has 186 valence electrons. The second-order valence-electron chi connectivity index (χ2n) is 8.45.